The summed E-state index contributed by atoms with van der Waals surface area (Å²) in [5.41, 5.74) is 4.15. The normalized spacial score (nSPS) is 18.3. The van der Waals surface area contributed by atoms with Gasteiger partial charge in [-0.1, -0.05) is 60.1 Å². The second-order valence-corrected chi connectivity index (χ2v) is 14.4. The molecule has 2 aliphatic rings. The van der Waals surface area contributed by atoms with Gasteiger partial charge in [-0.2, -0.15) is 15.1 Å². The van der Waals surface area contributed by atoms with Crippen molar-refractivity contribution < 1.29 is 37.3 Å². The molecule has 3 atom stereocenters. The number of likely N-dealkylation sites (tertiary alicyclic amines) is 1. The lowest BCUT2D eigenvalue weighted by Gasteiger charge is -2.33. The van der Waals surface area contributed by atoms with Gasteiger partial charge in [-0.25, -0.2) is 18.3 Å². The monoisotopic (exact) mass is 795 g/mol. The minimum Gasteiger partial charge on any atom is -0.497 e. The number of carbonyl (C=O) groups is 1. The Balaban J connectivity index is 1.15. The summed E-state index contributed by atoms with van der Waals surface area (Å²) in [7, 11) is 1.59. The maximum absolute atomic E-state index is 15.6. The predicted molar refractivity (Wildman–Crippen MR) is 209 cm³/mol. The Hall–Kier alpha value is -5.79. The topological polar surface area (TPSA) is 110 Å². The lowest BCUT2D eigenvalue weighted by Crippen LogP contribution is -2.50. The van der Waals surface area contributed by atoms with Crippen molar-refractivity contribution in [1.29, 1.82) is 0 Å². The highest BCUT2D eigenvalue weighted by atomic mass is 35.5. The second-order valence-electron chi connectivity index (χ2n) is 13.9. The van der Waals surface area contributed by atoms with Gasteiger partial charge in [-0.05, 0) is 78.4 Å². The summed E-state index contributed by atoms with van der Waals surface area (Å²) in [4.78, 5) is 23.8. The number of hydrogen-bond acceptors (Lipinski definition) is 9. The van der Waals surface area contributed by atoms with Crippen LogP contribution in [0.15, 0.2) is 97.1 Å². The fourth-order valence-corrected chi connectivity index (χ4v) is 7.16. The molecule has 0 bridgehead atoms. The molecule has 0 spiro atoms. The molecule has 4 heterocycles. The van der Waals surface area contributed by atoms with Crippen LogP contribution in [0.25, 0.3) is 33.4 Å². The zero-order valence-corrected chi connectivity index (χ0v) is 31.9. The molecular weight excluding hydrogens is 756 g/mol. The second kappa shape index (κ2) is 17.1. The van der Waals surface area contributed by atoms with Crippen LogP contribution in [0, 0.1) is 5.82 Å². The molecule has 57 heavy (non-hydrogen) atoms. The SMILES string of the molecule is COc1ccc(COc2cc(-c3nn(C4CCCCO4)c4ccc(-c5ccc(Cl)cc5F)cc34)nc(O[C@@H]3CN(C(=O)OCc4ccccc4)CC[C@H]3F)n2)cc1. The van der Waals surface area contributed by atoms with Gasteiger partial charge in [0.25, 0.3) is 0 Å². The van der Waals surface area contributed by atoms with E-state index in [4.69, 9.17) is 45.4 Å². The number of halogens is 3. The number of rotatable bonds is 11. The van der Waals surface area contributed by atoms with Crippen molar-refractivity contribution in [2.24, 2.45) is 0 Å². The van der Waals surface area contributed by atoms with E-state index in [9.17, 15) is 4.79 Å². The molecule has 0 radical (unpaired) electrons. The van der Waals surface area contributed by atoms with Crippen LogP contribution >= 0.6 is 11.6 Å². The first-order valence-electron chi connectivity index (χ1n) is 18.8. The van der Waals surface area contributed by atoms with E-state index in [1.165, 1.54) is 11.0 Å². The highest BCUT2D eigenvalue weighted by Gasteiger charge is 2.35. The van der Waals surface area contributed by atoms with Gasteiger partial charge in [0.05, 0.1) is 19.2 Å². The molecule has 1 unspecified atom stereocenters. The zero-order valence-electron chi connectivity index (χ0n) is 31.2. The number of nitrogens with zero attached hydrogens (tertiary/aromatic N) is 5. The van der Waals surface area contributed by atoms with E-state index in [-0.39, 0.29) is 55.9 Å². The number of methoxy groups -OCH3 is 1. The Bertz CT molecular complexity index is 2340. The maximum atomic E-state index is 15.6. The van der Waals surface area contributed by atoms with E-state index >= 15 is 8.78 Å². The van der Waals surface area contributed by atoms with Gasteiger partial charge in [0, 0.05) is 41.6 Å². The van der Waals surface area contributed by atoms with Crippen molar-refractivity contribution in [3.63, 3.8) is 0 Å². The quantitative estimate of drug-likeness (QED) is 0.127. The van der Waals surface area contributed by atoms with Gasteiger partial charge < -0.3 is 28.6 Å². The molecule has 0 saturated carbocycles. The minimum atomic E-state index is -1.42. The number of hydrogen-bond donors (Lipinski definition) is 0. The summed E-state index contributed by atoms with van der Waals surface area (Å²) in [6.07, 6.45) is -0.730. The number of piperidine rings is 1. The zero-order chi connectivity index (χ0) is 39.3. The van der Waals surface area contributed by atoms with Crippen LogP contribution in [0.3, 0.4) is 0 Å². The third kappa shape index (κ3) is 8.79. The molecule has 2 aromatic heterocycles. The lowest BCUT2D eigenvalue weighted by molar-refractivity contribution is -0.0365. The number of benzene rings is 4. The number of fused-ring (bicyclic) bond motifs is 1. The third-order valence-electron chi connectivity index (χ3n) is 10.0. The summed E-state index contributed by atoms with van der Waals surface area (Å²) >= 11 is 6.08. The molecule has 0 aliphatic carbocycles. The van der Waals surface area contributed by atoms with Crippen LogP contribution in [0.5, 0.6) is 17.6 Å². The molecule has 2 aliphatic heterocycles. The Morgan fingerprint density at radius 3 is 2.53 bits per heavy atom. The average Bonchev–Trinajstić information content (AvgIpc) is 3.63. The van der Waals surface area contributed by atoms with E-state index < -0.39 is 24.2 Å². The van der Waals surface area contributed by atoms with Crippen molar-refractivity contribution >= 4 is 28.6 Å². The van der Waals surface area contributed by atoms with E-state index in [2.05, 4.69) is 4.98 Å². The van der Waals surface area contributed by atoms with Crippen molar-refractivity contribution in [1.82, 2.24) is 24.6 Å². The smallest absolute Gasteiger partial charge is 0.410 e. The van der Waals surface area contributed by atoms with Gasteiger partial charge in [0.2, 0.25) is 5.88 Å². The summed E-state index contributed by atoms with van der Waals surface area (Å²) in [6, 6.07) is 28.3. The average molecular weight is 796 g/mol. The van der Waals surface area contributed by atoms with Gasteiger partial charge in [0.1, 0.15) is 42.3 Å². The maximum Gasteiger partial charge on any atom is 0.410 e. The Kier molecular flexibility index (Phi) is 11.5. The van der Waals surface area contributed by atoms with Crippen molar-refractivity contribution in [2.75, 3.05) is 26.8 Å². The number of carbonyl (C=O) groups excluding carboxylic acids is 1. The van der Waals surface area contributed by atoms with E-state index in [1.54, 1.807) is 25.3 Å². The number of amides is 1. The van der Waals surface area contributed by atoms with Gasteiger partial charge in [-0.3, -0.25) is 0 Å². The molecule has 8 rings (SSSR count). The molecule has 6 aromatic rings. The molecule has 11 nitrogen and oxygen atoms in total. The molecule has 14 heteroatoms. The van der Waals surface area contributed by atoms with Crippen molar-refractivity contribution in [2.45, 2.75) is 57.4 Å². The molecule has 294 valence electrons. The van der Waals surface area contributed by atoms with Crippen molar-refractivity contribution in [3.05, 3.63) is 119 Å². The predicted octanol–water partition coefficient (Wildman–Crippen LogP) is 9.37. The number of aromatic nitrogens is 4. The highest BCUT2D eigenvalue weighted by Crippen LogP contribution is 2.37. The third-order valence-corrected chi connectivity index (χ3v) is 10.3. The van der Waals surface area contributed by atoms with Crippen LogP contribution in [-0.4, -0.2) is 69.8 Å². The van der Waals surface area contributed by atoms with Crippen molar-refractivity contribution in [3.8, 4) is 40.2 Å². The first-order valence-corrected chi connectivity index (χ1v) is 19.2. The molecule has 0 N–H and O–H groups in total. The largest absolute Gasteiger partial charge is 0.497 e. The first kappa shape index (κ1) is 38.1. The van der Waals surface area contributed by atoms with E-state index in [1.807, 2.05) is 77.5 Å². The fraction of sp³-hybridized carbons (Fsp3) is 0.302. The summed E-state index contributed by atoms with van der Waals surface area (Å²) < 4.78 is 62.0. The lowest BCUT2D eigenvalue weighted by atomic mass is 10.0. The van der Waals surface area contributed by atoms with Gasteiger partial charge in [0.15, 0.2) is 12.3 Å². The standard InChI is InChI=1S/C43H40ClF2N5O6/c1-53-31-14-10-28(11-15-31)25-55-39-23-36(47-42(48-39)57-38-24-50(19-18-34(38)45)43(52)56-26-27-7-3-2-4-8-27)41-33-21-29(32-16-13-30(44)22-35(32)46)12-17-37(33)51(49-41)40-9-5-6-20-54-40/h2-4,7-8,10-17,21-23,34,38,40H,5-6,9,18-20,24-26H2,1H3/t34-,38-,40?/m1/s1. The summed E-state index contributed by atoms with van der Waals surface area (Å²) in [5, 5.41) is 5.99. The Morgan fingerprint density at radius 1 is 0.930 bits per heavy atom. The van der Waals surface area contributed by atoms with Crippen LogP contribution in [0.2, 0.25) is 5.02 Å². The number of ether oxygens (including phenoxy) is 5. The Labute approximate surface area is 333 Å². The van der Waals surface area contributed by atoms with Gasteiger partial charge in [-0.15, -0.1) is 0 Å². The molecule has 1 amide bonds. The summed E-state index contributed by atoms with van der Waals surface area (Å²) in [6.45, 7) is 0.889. The van der Waals surface area contributed by atoms with E-state index in [0.717, 1.165) is 35.9 Å². The Morgan fingerprint density at radius 2 is 1.75 bits per heavy atom. The molecule has 4 aromatic carbocycles. The van der Waals surface area contributed by atoms with Crippen LogP contribution in [-0.2, 0) is 22.7 Å². The van der Waals surface area contributed by atoms with Crippen LogP contribution in [0.4, 0.5) is 13.6 Å². The fourth-order valence-electron chi connectivity index (χ4n) is 7.00. The van der Waals surface area contributed by atoms with E-state index in [0.29, 0.717) is 40.3 Å². The highest BCUT2D eigenvalue weighted by molar-refractivity contribution is 6.30. The van der Waals surface area contributed by atoms with Crippen LogP contribution < -0.4 is 14.2 Å². The first-order chi connectivity index (χ1) is 27.8. The van der Waals surface area contributed by atoms with Crippen LogP contribution in [0.1, 0.15) is 43.0 Å². The van der Waals surface area contributed by atoms with Gasteiger partial charge >= 0.3 is 12.1 Å². The molecular formula is C43H40ClF2N5O6. The minimum absolute atomic E-state index is 0.0338. The molecule has 2 saturated heterocycles. The molecule has 2 fully saturated rings. The summed E-state index contributed by atoms with van der Waals surface area (Å²) in [5.74, 6) is 0.379. The number of alkyl halides is 1.